The predicted octanol–water partition coefficient (Wildman–Crippen LogP) is 1.80. The number of carbonyl (C=O) groups excluding carboxylic acids is 1. The van der Waals surface area contributed by atoms with Crippen molar-refractivity contribution in [2.75, 3.05) is 18.0 Å². The lowest BCUT2D eigenvalue weighted by Gasteiger charge is -2.33. The van der Waals surface area contributed by atoms with Gasteiger partial charge in [0.2, 0.25) is 0 Å². The maximum atomic E-state index is 12.5. The van der Waals surface area contributed by atoms with Crippen LogP contribution in [0.4, 0.5) is 5.82 Å². The molecule has 0 aliphatic carbocycles. The van der Waals surface area contributed by atoms with Gasteiger partial charge < -0.3 is 14.8 Å². The van der Waals surface area contributed by atoms with Crippen molar-refractivity contribution in [2.24, 2.45) is 7.05 Å². The molecule has 0 spiro atoms. The van der Waals surface area contributed by atoms with E-state index in [0.29, 0.717) is 12.4 Å². The summed E-state index contributed by atoms with van der Waals surface area (Å²) in [6, 6.07) is 2.04. The zero-order chi connectivity index (χ0) is 17.1. The van der Waals surface area contributed by atoms with E-state index >= 15 is 0 Å². The van der Waals surface area contributed by atoms with E-state index in [-0.39, 0.29) is 17.5 Å². The number of rotatable bonds is 4. The van der Waals surface area contributed by atoms with Gasteiger partial charge in [0.1, 0.15) is 0 Å². The first-order valence-electron chi connectivity index (χ1n) is 8.24. The van der Waals surface area contributed by atoms with Gasteiger partial charge in [-0.1, -0.05) is 6.92 Å². The second-order valence-electron chi connectivity index (χ2n) is 6.05. The van der Waals surface area contributed by atoms with E-state index in [4.69, 9.17) is 0 Å². The molecular formula is C17H22N4O2S. The minimum Gasteiger partial charge on any atom is -0.350 e. The Hall–Kier alpha value is -2.15. The summed E-state index contributed by atoms with van der Waals surface area (Å²) < 4.78 is 1.53. The third-order valence-corrected chi connectivity index (χ3v) is 5.34. The third kappa shape index (κ3) is 3.36. The van der Waals surface area contributed by atoms with Crippen LogP contribution >= 0.6 is 11.3 Å². The number of aromatic nitrogens is 2. The van der Waals surface area contributed by atoms with Gasteiger partial charge in [-0.05, 0) is 36.3 Å². The van der Waals surface area contributed by atoms with E-state index in [0.717, 1.165) is 36.2 Å². The number of carbonyl (C=O) groups is 1. The molecule has 7 heteroatoms. The van der Waals surface area contributed by atoms with Gasteiger partial charge >= 0.3 is 0 Å². The van der Waals surface area contributed by atoms with Gasteiger partial charge in [0.05, 0.1) is 4.88 Å². The molecule has 0 unspecified atom stereocenters. The molecule has 0 saturated carbocycles. The summed E-state index contributed by atoms with van der Waals surface area (Å²) in [6.07, 6.45) is 5.99. The van der Waals surface area contributed by atoms with E-state index in [1.54, 1.807) is 19.4 Å². The van der Waals surface area contributed by atoms with Crippen LogP contribution in [0.1, 0.15) is 35.0 Å². The number of thiophene rings is 1. The van der Waals surface area contributed by atoms with E-state index in [1.807, 2.05) is 16.3 Å². The molecule has 0 radical (unpaired) electrons. The number of anilines is 1. The van der Waals surface area contributed by atoms with Crippen LogP contribution in [0.2, 0.25) is 0 Å². The van der Waals surface area contributed by atoms with Crippen molar-refractivity contribution in [3.8, 4) is 0 Å². The van der Waals surface area contributed by atoms with Gasteiger partial charge in [-0.2, -0.15) is 0 Å². The topological polar surface area (TPSA) is 67.2 Å². The van der Waals surface area contributed by atoms with Crippen LogP contribution in [0.5, 0.6) is 0 Å². The fraction of sp³-hybridized carbons (Fsp3) is 0.471. The average Bonchev–Trinajstić information content (AvgIpc) is 3.06. The molecule has 6 nitrogen and oxygen atoms in total. The van der Waals surface area contributed by atoms with Crippen LogP contribution in [-0.4, -0.2) is 34.6 Å². The molecule has 3 rings (SSSR count). The normalized spacial score (nSPS) is 17.8. The number of hydrogen-bond donors (Lipinski definition) is 1. The number of nitrogens with zero attached hydrogens (tertiary/aromatic N) is 3. The number of piperidine rings is 1. The van der Waals surface area contributed by atoms with Crippen LogP contribution < -0.4 is 15.8 Å². The summed E-state index contributed by atoms with van der Waals surface area (Å²) in [5.74, 6) is 0.451. The molecule has 1 fully saturated rings. The Morgan fingerprint density at radius 2 is 2.33 bits per heavy atom. The van der Waals surface area contributed by atoms with Crippen molar-refractivity contribution in [1.82, 2.24) is 14.9 Å². The maximum Gasteiger partial charge on any atom is 0.293 e. The molecule has 0 aromatic carbocycles. The second-order valence-corrected chi connectivity index (χ2v) is 6.97. The molecule has 0 bridgehead atoms. The molecular weight excluding hydrogens is 324 g/mol. The Morgan fingerprint density at radius 3 is 3.12 bits per heavy atom. The van der Waals surface area contributed by atoms with Gasteiger partial charge in [-0.15, -0.1) is 11.3 Å². The second kappa shape index (κ2) is 7.17. The fourth-order valence-electron chi connectivity index (χ4n) is 3.05. The monoisotopic (exact) mass is 346 g/mol. The Labute approximate surface area is 145 Å². The van der Waals surface area contributed by atoms with Crippen molar-refractivity contribution in [2.45, 2.75) is 32.2 Å². The lowest BCUT2D eigenvalue weighted by molar-refractivity contribution is 0.0936. The summed E-state index contributed by atoms with van der Waals surface area (Å²) >= 11 is 1.48. The zero-order valence-electron chi connectivity index (χ0n) is 14.0. The number of hydrogen-bond acceptors (Lipinski definition) is 5. The average molecular weight is 346 g/mol. The molecule has 1 amide bonds. The first-order valence-corrected chi connectivity index (χ1v) is 9.12. The zero-order valence-corrected chi connectivity index (χ0v) is 14.8. The molecule has 1 N–H and O–H groups in total. The summed E-state index contributed by atoms with van der Waals surface area (Å²) in [5.41, 5.74) is 0.986. The molecule has 3 heterocycles. The molecule has 2 aromatic heterocycles. The largest absolute Gasteiger partial charge is 0.350 e. The SMILES string of the molecule is CCc1ccsc1C(=O)N[C@H]1CCCN(c2nccn(C)c2=O)C1. The van der Waals surface area contributed by atoms with Crippen LogP contribution in [0.3, 0.4) is 0 Å². The standard InChI is InChI=1S/C17H22N4O2S/c1-3-12-6-10-24-14(12)16(22)19-13-5-4-8-21(11-13)15-17(23)20(2)9-7-18-15/h6-7,9-10,13H,3-5,8,11H2,1-2H3,(H,19,22)/t13-/m0/s1. The molecule has 2 aromatic rings. The quantitative estimate of drug-likeness (QED) is 0.917. The van der Waals surface area contributed by atoms with Crippen LogP contribution in [0.15, 0.2) is 28.6 Å². The Morgan fingerprint density at radius 1 is 1.50 bits per heavy atom. The van der Waals surface area contributed by atoms with E-state index in [9.17, 15) is 9.59 Å². The minimum atomic E-state index is -0.101. The molecule has 24 heavy (non-hydrogen) atoms. The van der Waals surface area contributed by atoms with Crippen LogP contribution in [0.25, 0.3) is 0 Å². The summed E-state index contributed by atoms with van der Waals surface area (Å²) in [4.78, 5) is 31.8. The van der Waals surface area contributed by atoms with Crippen LogP contribution in [0, 0.1) is 0 Å². The van der Waals surface area contributed by atoms with Gasteiger partial charge in [-0.3, -0.25) is 9.59 Å². The number of aryl methyl sites for hydroxylation is 2. The Balaban J connectivity index is 1.71. The lowest BCUT2D eigenvalue weighted by atomic mass is 10.1. The van der Waals surface area contributed by atoms with Crippen molar-refractivity contribution in [3.05, 3.63) is 44.6 Å². The highest BCUT2D eigenvalue weighted by Gasteiger charge is 2.25. The van der Waals surface area contributed by atoms with Gasteiger partial charge in [0, 0.05) is 38.6 Å². The van der Waals surface area contributed by atoms with Gasteiger partial charge in [0.15, 0.2) is 5.82 Å². The summed E-state index contributed by atoms with van der Waals surface area (Å²) in [6.45, 7) is 3.46. The van der Waals surface area contributed by atoms with Crippen molar-refractivity contribution >= 4 is 23.1 Å². The van der Waals surface area contributed by atoms with Gasteiger partial charge in [-0.25, -0.2) is 4.98 Å². The molecule has 1 aliphatic rings. The first-order chi connectivity index (χ1) is 11.6. The van der Waals surface area contributed by atoms with E-state index in [2.05, 4.69) is 17.2 Å². The third-order valence-electron chi connectivity index (χ3n) is 4.39. The highest BCUT2D eigenvalue weighted by atomic mass is 32.1. The molecule has 1 aliphatic heterocycles. The number of amides is 1. The van der Waals surface area contributed by atoms with Gasteiger partial charge in [0.25, 0.3) is 11.5 Å². The highest BCUT2D eigenvalue weighted by molar-refractivity contribution is 7.12. The van der Waals surface area contributed by atoms with Crippen molar-refractivity contribution in [1.29, 1.82) is 0 Å². The summed E-state index contributed by atoms with van der Waals surface area (Å²) in [7, 11) is 1.72. The highest BCUT2D eigenvalue weighted by Crippen LogP contribution is 2.19. The van der Waals surface area contributed by atoms with E-state index in [1.165, 1.54) is 15.9 Å². The smallest absolute Gasteiger partial charge is 0.293 e. The van der Waals surface area contributed by atoms with Crippen molar-refractivity contribution in [3.63, 3.8) is 0 Å². The molecule has 1 saturated heterocycles. The minimum absolute atomic E-state index is 0.0115. The lowest BCUT2D eigenvalue weighted by Crippen LogP contribution is -2.49. The maximum absolute atomic E-state index is 12.5. The Kier molecular flexibility index (Phi) is 4.99. The Bertz CT molecular complexity index is 783. The summed E-state index contributed by atoms with van der Waals surface area (Å²) in [5, 5.41) is 5.08. The van der Waals surface area contributed by atoms with E-state index < -0.39 is 0 Å². The van der Waals surface area contributed by atoms with Crippen LogP contribution in [-0.2, 0) is 13.5 Å². The van der Waals surface area contributed by atoms with Crippen molar-refractivity contribution < 1.29 is 4.79 Å². The first kappa shape index (κ1) is 16.7. The predicted molar refractivity (Wildman–Crippen MR) is 95.9 cm³/mol. The molecule has 128 valence electrons. The fourth-order valence-corrected chi connectivity index (χ4v) is 3.95. The molecule has 1 atom stereocenters. The number of nitrogens with one attached hydrogen (secondary N) is 1.